The van der Waals surface area contributed by atoms with Gasteiger partial charge in [0.1, 0.15) is 6.23 Å². The van der Waals surface area contributed by atoms with Gasteiger partial charge in [0.2, 0.25) is 0 Å². The van der Waals surface area contributed by atoms with E-state index < -0.39 is 6.23 Å². The zero-order chi connectivity index (χ0) is 21.3. The van der Waals surface area contributed by atoms with E-state index in [0.717, 1.165) is 5.56 Å². The van der Waals surface area contributed by atoms with Crippen LogP contribution < -0.4 is 10.6 Å². The minimum absolute atomic E-state index is 0.180. The summed E-state index contributed by atoms with van der Waals surface area (Å²) in [4.78, 5) is 25.5. The summed E-state index contributed by atoms with van der Waals surface area (Å²) < 4.78 is 5.61. The number of methoxy groups -OCH3 is 1. The van der Waals surface area contributed by atoms with Crippen LogP contribution in [0.3, 0.4) is 0 Å². The number of hydrogen-bond donors (Lipinski definition) is 2. The van der Waals surface area contributed by atoms with Gasteiger partial charge in [0.15, 0.2) is 0 Å². The van der Waals surface area contributed by atoms with Crippen LogP contribution in [0.1, 0.15) is 39.2 Å². The summed E-state index contributed by atoms with van der Waals surface area (Å²) in [6.07, 6.45) is -0.598. The highest BCUT2D eigenvalue weighted by Gasteiger charge is 2.30. The second-order valence-electron chi connectivity index (χ2n) is 7.08. The van der Waals surface area contributed by atoms with Gasteiger partial charge in [0.05, 0.1) is 6.04 Å². The zero-order valence-corrected chi connectivity index (χ0v) is 17.1. The Hall–Kier alpha value is -3.44. The normalized spacial score (nSPS) is 13.7. The molecule has 0 aliphatic heterocycles. The van der Waals surface area contributed by atoms with Gasteiger partial charge in [-0.15, -0.1) is 0 Å². The van der Waals surface area contributed by atoms with E-state index in [9.17, 15) is 9.59 Å². The van der Waals surface area contributed by atoms with E-state index in [4.69, 9.17) is 4.74 Å². The van der Waals surface area contributed by atoms with Crippen LogP contribution in [0.15, 0.2) is 91.0 Å². The molecule has 3 rings (SSSR count). The molecule has 0 saturated heterocycles. The molecule has 1 unspecified atom stereocenters. The summed E-state index contributed by atoms with van der Waals surface area (Å²) in [6, 6.07) is 27.4. The van der Waals surface area contributed by atoms with Gasteiger partial charge in [-0.05, 0) is 29.8 Å². The number of carbonyl (C=O) groups excluding carboxylic acids is 2. The lowest BCUT2D eigenvalue weighted by molar-refractivity contribution is 0.0172. The van der Waals surface area contributed by atoms with Crippen molar-refractivity contribution < 1.29 is 14.3 Å². The molecule has 2 amide bonds. The molecule has 3 atom stereocenters. The number of benzene rings is 3. The molecular formula is C25H26N2O3. The third-order valence-electron chi connectivity index (χ3n) is 5.05. The van der Waals surface area contributed by atoms with E-state index in [1.54, 1.807) is 31.4 Å². The summed E-state index contributed by atoms with van der Waals surface area (Å²) >= 11 is 0. The first-order valence-corrected chi connectivity index (χ1v) is 9.89. The van der Waals surface area contributed by atoms with E-state index >= 15 is 0 Å². The third-order valence-corrected chi connectivity index (χ3v) is 5.05. The molecular weight excluding hydrogens is 376 g/mol. The standard InChI is InChI=1S/C25H26N2O3/c1-18(25(30-2)27-24(29)21-16-10-5-11-17-21)22(19-12-6-3-7-13-19)26-23(28)20-14-8-4-9-15-20/h3-18,22,25H,1-2H3,(H,26,28)(H,27,29)/t18-,22+,25?/m0/s1. The Bertz CT molecular complexity index is 946. The van der Waals surface area contributed by atoms with Crippen molar-refractivity contribution in [3.05, 3.63) is 108 Å². The molecule has 30 heavy (non-hydrogen) atoms. The molecule has 0 radical (unpaired) electrons. The highest BCUT2D eigenvalue weighted by atomic mass is 16.5. The predicted octanol–water partition coefficient (Wildman–Crippen LogP) is 4.20. The van der Waals surface area contributed by atoms with Crippen molar-refractivity contribution in [2.24, 2.45) is 5.92 Å². The van der Waals surface area contributed by atoms with Crippen molar-refractivity contribution in [3.8, 4) is 0 Å². The van der Waals surface area contributed by atoms with E-state index in [1.165, 1.54) is 0 Å². The van der Waals surface area contributed by atoms with Crippen LogP contribution in [0.25, 0.3) is 0 Å². The van der Waals surface area contributed by atoms with Crippen molar-refractivity contribution in [2.45, 2.75) is 19.2 Å². The first kappa shape index (κ1) is 21.3. The molecule has 0 aliphatic carbocycles. The summed E-state index contributed by atoms with van der Waals surface area (Å²) in [5, 5.41) is 6.04. The number of hydrogen-bond acceptors (Lipinski definition) is 3. The van der Waals surface area contributed by atoms with Crippen molar-refractivity contribution in [1.82, 2.24) is 10.6 Å². The van der Waals surface area contributed by atoms with Gasteiger partial charge in [-0.25, -0.2) is 0 Å². The second-order valence-corrected chi connectivity index (χ2v) is 7.08. The Morgan fingerprint density at radius 3 is 1.60 bits per heavy atom. The van der Waals surface area contributed by atoms with Crippen LogP contribution in [0, 0.1) is 5.92 Å². The number of nitrogens with one attached hydrogen (secondary N) is 2. The Morgan fingerprint density at radius 2 is 1.13 bits per heavy atom. The van der Waals surface area contributed by atoms with E-state index in [1.807, 2.05) is 73.7 Å². The average Bonchev–Trinajstić information content (AvgIpc) is 2.82. The quantitative estimate of drug-likeness (QED) is 0.555. The van der Waals surface area contributed by atoms with Crippen molar-refractivity contribution in [1.29, 1.82) is 0 Å². The molecule has 0 spiro atoms. The highest BCUT2D eigenvalue weighted by molar-refractivity contribution is 5.95. The van der Waals surface area contributed by atoms with Crippen molar-refractivity contribution >= 4 is 11.8 Å². The van der Waals surface area contributed by atoms with E-state index in [2.05, 4.69) is 10.6 Å². The second kappa shape index (κ2) is 10.4. The molecule has 0 fully saturated rings. The van der Waals surface area contributed by atoms with Gasteiger partial charge in [-0.2, -0.15) is 0 Å². The topological polar surface area (TPSA) is 67.4 Å². The van der Waals surface area contributed by atoms with Crippen molar-refractivity contribution in [2.75, 3.05) is 7.11 Å². The lowest BCUT2D eigenvalue weighted by atomic mass is 9.92. The Labute approximate surface area is 177 Å². The smallest absolute Gasteiger partial charge is 0.253 e. The fourth-order valence-electron chi connectivity index (χ4n) is 3.37. The Balaban J connectivity index is 1.82. The van der Waals surface area contributed by atoms with Crippen LogP contribution in [0.5, 0.6) is 0 Å². The summed E-state index contributed by atoms with van der Waals surface area (Å²) in [6.45, 7) is 1.95. The molecule has 0 bridgehead atoms. The van der Waals surface area contributed by atoms with Gasteiger partial charge >= 0.3 is 0 Å². The van der Waals surface area contributed by atoms with Crippen LogP contribution in [-0.4, -0.2) is 25.2 Å². The molecule has 0 aliphatic rings. The molecule has 0 aromatic heterocycles. The lowest BCUT2D eigenvalue weighted by Gasteiger charge is -2.31. The monoisotopic (exact) mass is 402 g/mol. The summed E-state index contributed by atoms with van der Waals surface area (Å²) in [5.74, 6) is -0.645. The maximum Gasteiger partial charge on any atom is 0.253 e. The predicted molar refractivity (Wildman–Crippen MR) is 117 cm³/mol. The minimum Gasteiger partial charge on any atom is -0.361 e. The fraction of sp³-hybridized carbons (Fsp3) is 0.200. The number of carbonyl (C=O) groups is 2. The largest absolute Gasteiger partial charge is 0.361 e. The maximum absolute atomic E-state index is 12.8. The first-order chi connectivity index (χ1) is 14.6. The van der Waals surface area contributed by atoms with E-state index in [-0.39, 0.29) is 23.8 Å². The number of ether oxygens (including phenoxy) is 1. The van der Waals surface area contributed by atoms with Crippen LogP contribution in [-0.2, 0) is 4.74 Å². The Kier molecular flexibility index (Phi) is 7.35. The lowest BCUT2D eigenvalue weighted by Crippen LogP contribution is -2.46. The first-order valence-electron chi connectivity index (χ1n) is 9.89. The molecule has 0 saturated carbocycles. The number of amides is 2. The summed E-state index contributed by atoms with van der Waals surface area (Å²) in [7, 11) is 1.55. The van der Waals surface area contributed by atoms with Crippen LogP contribution in [0.2, 0.25) is 0 Å². The SMILES string of the molecule is COC(NC(=O)c1ccccc1)[C@@H](C)[C@@H](NC(=O)c1ccccc1)c1ccccc1. The van der Waals surface area contributed by atoms with Gasteiger partial charge < -0.3 is 15.4 Å². The minimum atomic E-state index is -0.598. The number of rotatable bonds is 8. The average molecular weight is 402 g/mol. The summed E-state index contributed by atoms with van der Waals surface area (Å²) in [5.41, 5.74) is 2.06. The molecule has 5 nitrogen and oxygen atoms in total. The molecule has 2 N–H and O–H groups in total. The zero-order valence-electron chi connectivity index (χ0n) is 17.1. The van der Waals surface area contributed by atoms with Crippen molar-refractivity contribution in [3.63, 3.8) is 0 Å². The van der Waals surface area contributed by atoms with Gasteiger partial charge in [0.25, 0.3) is 11.8 Å². The fourth-order valence-corrected chi connectivity index (χ4v) is 3.37. The van der Waals surface area contributed by atoms with E-state index in [0.29, 0.717) is 11.1 Å². The molecule has 3 aromatic carbocycles. The Morgan fingerprint density at radius 1 is 0.700 bits per heavy atom. The maximum atomic E-state index is 12.8. The highest BCUT2D eigenvalue weighted by Crippen LogP contribution is 2.26. The van der Waals surface area contributed by atoms with Gasteiger partial charge in [-0.3, -0.25) is 9.59 Å². The van der Waals surface area contributed by atoms with Gasteiger partial charge in [-0.1, -0.05) is 73.7 Å². The van der Waals surface area contributed by atoms with Gasteiger partial charge in [0, 0.05) is 24.2 Å². The third kappa shape index (κ3) is 5.33. The van der Waals surface area contributed by atoms with Crippen LogP contribution >= 0.6 is 0 Å². The molecule has 3 aromatic rings. The van der Waals surface area contributed by atoms with Crippen LogP contribution in [0.4, 0.5) is 0 Å². The molecule has 5 heteroatoms. The molecule has 154 valence electrons. The molecule has 0 heterocycles.